The molecule has 10 heteroatoms. The quantitative estimate of drug-likeness (QED) is 0.391. The number of aromatic amines is 2. The van der Waals surface area contributed by atoms with Crippen LogP contribution < -0.4 is 10.6 Å². The molecule has 0 spiro atoms. The molecular formula is C24H22N8O2. The Morgan fingerprint density at radius 1 is 1.09 bits per heavy atom. The van der Waals surface area contributed by atoms with Crippen molar-refractivity contribution >= 4 is 33.7 Å². The molecule has 0 saturated carbocycles. The number of aromatic nitrogens is 7. The van der Waals surface area contributed by atoms with Crippen molar-refractivity contribution in [2.75, 3.05) is 18.0 Å². The Bertz CT molecular complexity index is 1560. The molecular weight excluding hydrogens is 432 g/mol. The smallest absolute Gasteiger partial charge is 0.327 e. The van der Waals surface area contributed by atoms with E-state index in [0.717, 1.165) is 53.7 Å². The molecule has 1 fully saturated rings. The molecule has 2 N–H and O–H groups in total. The minimum Gasteiger partial charge on any atom is -0.356 e. The van der Waals surface area contributed by atoms with E-state index in [9.17, 15) is 9.59 Å². The number of nitrogens with one attached hydrogen (secondary N) is 2. The summed E-state index contributed by atoms with van der Waals surface area (Å²) in [6.45, 7) is 1.45. The van der Waals surface area contributed by atoms with Gasteiger partial charge in [-0.2, -0.15) is 5.10 Å². The topological polar surface area (TPSA) is 125 Å². The van der Waals surface area contributed by atoms with E-state index in [2.05, 4.69) is 35.0 Å². The van der Waals surface area contributed by atoms with E-state index in [1.165, 1.54) is 6.33 Å². The van der Waals surface area contributed by atoms with Gasteiger partial charge in [0, 0.05) is 43.2 Å². The van der Waals surface area contributed by atoms with Crippen LogP contribution in [0, 0.1) is 0 Å². The average Bonchev–Trinajstić information content (AvgIpc) is 3.48. The summed E-state index contributed by atoms with van der Waals surface area (Å²) in [4.78, 5) is 43.4. The van der Waals surface area contributed by atoms with Crippen molar-refractivity contribution in [2.24, 2.45) is 0 Å². The fourth-order valence-electron chi connectivity index (χ4n) is 4.79. The van der Waals surface area contributed by atoms with Gasteiger partial charge in [-0.15, -0.1) is 0 Å². The number of imidazole rings is 1. The molecule has 34 heavy (non-hydrogen) atoms. The molecule has 1 aliphatic heterocycles. The molecule has 170 valence electrons. The highest BCUT2D eigenvalue weighted by atomic mass is 16.1. The Kier molecular flexibility index (Phi) is 4.90. The summed E-state index contributed by atoms with van der Waals surface area (Å²) in [6.07, 6.45) is 6.68. The van der Waals surface area contributed by atoms with Gasteiger partial charge in [0.25, 0.3) is 0 Å². The molecule has 1 saturated heterocycles. The van der Waals surface area contributed by atoms with Gasteiger partial charge in [0.05, 0.1) is 17.2 Å². The summed E-state index contributed by atoms with van der Waals surface area (Å²) in [6, 6.07) is 11.4. The van der Waals surface area contributed by atoms with Crippen molar-refractivity contribution in [3.05, 3.63) is 76.9 Å². The number of ketones is 1. The number of Topliss-reactive ketones (excluding diaryl/α,β-unsaturated/α-hetero) is 1. The highest BCUT2D eigenvalue weighted by molar-refractivity contribution is 5.98. The van der Waals surface area contributed by atoms with Crippen molar-refractivity contribution in [3.8, 4) is 0 Å². The van der Waals surface area contributed by atoms with Gasteiger partial charge in [-0.25, -0.2) is 19.7 Å². The standard InChI is InChI=1S/C24H22N8O2/c33-21(11-15-3-1-4-18-17(15)13-28-30-18)19-12-22(27-14-26-19)31-9-6-16(7-10-31)32-20-5-2-8-25-23(20)29-24(32)34/h1-5,8,12-14,16H,6-7,9-11H2,(H,28,30)(H,25,29,34). The van der Waals surface area contributed by atoms with Crippen molar-refractivity contribution in [1.82, 2.24) is 34.7 Å². The van der Waals surface area contributed by atoms with E-state index in [1.54, 1.807) is 18.5 Å². The first-order valence-electron chi connectivity index (χ1n) is 11.2. The van der Waals surface area contributed by atoms with Gasteiger partial charge in [-0.1, -0.05) is 12.1 Å². The number of rotatable bonds is 5. The molecule has 0 bridgehead atoms. The Labute approximate surface area is 193 Å². The lowest BCUT2D eigenvalue weighted by Crippen LogP contribution is -2.37. The number of piperidine rings is 1. The Morgan fingerprint density at radius 2 is 1.97 bits per heavy atom. The number of pyridine rings is 1. The van der Waals surface area contributed by atoms with Crippen LogP contribution in [0.2, 0.25) is 0 Å². The number of carbonyl (C=O) groups is 1. The van der Waals surface area contributed by atoms with E-state index >= 15 is 0 Å². The molecule has 0 aliphatic carbocycles. The fourth-order valence-corrected chi connectivity index (χ4v) is 4.79. The summed E-state index contributed by atoms with van der Waals surface area (Å²) in [7, 11) is 0. The third-order valence-electron chi connectivity index (χ3n) is 6.51. The molecule has 6 rings (SSSR count). The van der Waals surface area contributed by atoms with Crippen LogP contribution in [0.3, 0.4) is 0 Å². The van der Waals surface area contributed by atoms with Crippen LogP contribution in [0.1, 0.15) is 34.9 Å². The first kappa shape index (κ1) is 20.3. The second-order valence-corrected chi connectivity index (χ2v) is 8.50. The molecule has 5 heterocycles. The third kappa shape index (κ3) is 3.53. The number of nitrogens with zero attached hydrogens (tertiary/aromatic N) is 6. The zero-order valence-corrected chi connectivity index (χ0v) is 18.3. The lowest BCUT2D eigenvalue weighted by Gasteiger charge is -2.33. The van der Waals surface area contributed by atoms with Crippen LogP contribution in [0.4, 0.5) is 5.82 Å². The van der Waals surface area contributed by atoms with E-state index < -0.39 is 0 Å². The highest BCUT2D eigenvalue weighted by Crippen LogP contribution is 2.27. The number of carbonyl (C=O) groups excluding carboxylic acids is 1. The van der Waals surface area contributed by atoms with Crippen molar-refractivity contribution in [1.29, 1.82) is 0 Å². The van der Waals surface area contributed by atoms with Crippen LogP contribution >= 0.6 is 0 Å². The van der Waals surface area contributed by atoms with Gasteiger partial charge in [-0.05, 0) is 36.6 Å². The average molecular weight is 454 g/mol. The largest absolute Gasteiger partial charge is 0.356 e. The number of H-pyrrole nitrogens is 2. The van der Waals surface area contributed by atoms with E-state index in [4.69, 9.17) is 0 Å². The van der Waals surface area contributed by atoms with Gasteiger partial charge in [0.2, 0.25) is 0 Å². The van der Waals surface area contributed by atoms with Gasteiger partial charge in [0.1, 0.15) is 17.8 Å². The summed E-state index contributed by atoms with van der Waals surface area (Å²) in [5.41, 5.74) is 3.52. The molecule has 1 aliphatic rings. The number of fused-ring (bicyclic) bond motifs is 2. The number of hydrogen-bond acceptors (Lipinski definition) is 7. The monoisotopic (exact) mass is 454 g/mol. The molecule has 0 atom stereocenters. The van der Waals surface area contributed by atoms with E-state index in [1.807, 2.05) is 34.9 Å². The Hall–Kier alpha value is -4.34. The summed E-state index contributed by atoms with van der Waals surface area (Å²) in [5, 5.41) is 7.94. The lowest BCUT2D eigenvalue weighted by molar-refractivity contribution is 0.0988. The molecule has 0 radical (unpaired) electrons. The maximum Gasteiger partial charge on any atom is 0.327 e. The van der Waals surface area contributed by atoms with Crippen LogP contribution in [0.15, 0.2) is 59.9 Å². The normalized spacial score (nSPS) is 14.8. The van der Waals surface area contributed by atoms with Crippen LogP contribution in [0.25, 0.3) is 22.1 Å². The zero-order valence-electron chi connectivity index (χ0n) is 18.3. The molecule has 4 aromatic heterocycles. The second-order valence-electron chi connectivity index (χ2n) is 8.50. The van der Waals surface area contributed by atoms with E-state index in [-0.39, 0.29) is 23.9 Å². The summed E-state index contributed by atoms with van der Waals surface area (Å²) in [5.74, 6) is 0.663. The predicted octanol–water partition coefficient (Wildman–Crippen LogP) is 2.66. The van der Waals surface area contributed by atoms with Crippen LogP contribution in [-0.4, -0.2) is 53.6 Å². The minimum atomic E-state index is -0.130. The third-order valence-corrected chi connectivity index (χ3v) is 6.51. The second kappa shape index (κ2) is 8.22. The number of benzene rings is 1. The lowest BCUT2D eigenvalue weighted by atomic mass is 10.0. The Balaban J connectivity index is 1.18. The Morgan fingerprint density at radius 3 is 2.85 bits per heavy atom. The summed E-state index contributed by atoms with van der Waals surface area (Å²) >= 11 is 0. The van der Waals surface area contributed by atoms with Crippen LogP contribution in [0.5, 0.6) is 0 Å². The SMILES string of the molecule is O=C(Cc1cccc2[nH]ncc12)c1cc(N2CCC(n3c(=O)[nH]c4ncccc43)CC2)ncn1. The van der Waals surface area contributed by atoms with Gasteiger partial charge >= 0.3 is 5.69 Å². The van der Waals surface area contributed by atoms with Crippen molar-refractivity contribution in [2.45, 2.75) is 25.3 Å². The number of anilines is 1. The molecule has 1 aromatic carbocycles. The predicted molar refractivity (Wildman–Crippen MR) is 127 cm³/mol. The number of hydrogen-bond donors (Lipinski definition) is 2. The molecule has 0 amide bonds. The van der Waals surface area contributed by atoms with E-state index in [0.29, 0.717) is 11.3 Å². The van der Waals surface area contributed by atoms with Crippen molar-refractivity contribution in [3.63, 3.8) is 0 Å². The first-order valence-corrected chi connectivity index (χ1v) is 11.2. The summed E-state index contributed by atoms with van der Waals surface area (Å²) < 4.78 is 1.81. The minimum absolute atomic E-state index is 0.0647. The maximum atomic E-state index is 13.0. The fraction of sp³-hybridized carbons (Fsp3) is 0.250. The van der Waals surface area contributed by atoms with Gasteiger partial charge < -0.3 is 4.90 Å². The first-order chi connectivity index (χ1) is 16.7. The van der Waals surface area contributed by atoms with Gasteiger partial charge in [-0.3, -0.25) is 19.4 Å². The molecule has 5 aromatic rings. The van der Waals surface area contributed by atoms with Crippen LogP contribution in [-0.2, 0) is 6.42 Å². The molecule has 0 unspecified atom stereocenters. The maximum absolute atomic E-state index is 13.0. The highest BCUT2D eigenvalue weighted by Gasteiger charge is 2.25. The zero-order chi connectivity index (χ0) is 23.1. The molecule has 10 nitrogen and oxygen atoms in total. The van der Waals surface area contributed by atoms with Crippen molar-refractivity contribution < 1.29 is 4.79 Å². The van der Waals surface area contributed by atoms with Gasteiger partial charge in [0.15, 0.2) is 11.4 Å².